The van der Waals surface area contributed by atoms with Crippen LogP contribution in [0.15, 0.2) is 70.6 Å². The summed E-state index contributed by atoms with van der Waals surface area (Å²) in [5.41, 5.74) is 5.60. The molecule has 1 aliphatic heterocycles. The first-order valence-electron chi connectivity index (χ1n) is 15.3. The number of carbonyl (C=O) groups is 1. The molecule has 6 heteroatoms. The first-order chi connectivity index (χ1) is 20.1. The van der Waals surface area contributed by atoms with E-state index < -0.39 is 0 Å². The maximum absolute atomic E-state index is 13.9. The molecule has 0 atom stereocenters. The molecular formula is C35H41N3O2S. The molecule has 41 heavy (non-hydrogen) atoms. The largest absolute Gasteiger partial charge is 0.489 e. The van der Waals surface area contributed by atoms with Crippen LogP contribution in [0.1, 0.15) is 86.7 Å². The minimum atomic E-state index is 0.140. The number of ether oxygens (including phenoxy) is 1. The Bertz CT molecular complexity index is 1410. The summed E-state index contributed by atoms with van der Waals surface area (Å²) in [6, 6.07) is 21.3. The van der Waals surface area contributed by atoms with Crippen molar-refractivity contribution in [3.05, 3.63) is 88.1 Å². The molecule has 2 heterocycles. The van der Waals surface area contributed by atoms with Crippen molar-refractivity contribution in [1.29, 1.82) is 0 Å². The van der Waals surface area contributed by atoms with Crippen LogP contribution in [0.25, 0.3) is 11.8 Å². The van der Waals surface area contributed by atoms with Gasteiger partial charge >= 0.3 is 0 Å². The number of aromatic nitrogens is 1. The van der Waals surface area contributed by atoms with Crippen LogP contribution in [0.5, 0.6) is 5.75 Å². The van der Waals surface area contributed by atoms with Gasteiger partial charge in [0, 0.05) is 23.1 Å². The van der Waals surface area contributed by atoms with Crippen molar-refractivity contribution in [1.82, 2.24) is 9.47 Å². The van der Waals surface area contributed by atoms with Gasteiger partial charge in [-0.2, -0.15) is 0 Å². The Hall–Kier alpha value is -3.25. The molecule has 214 valence electrons. The molecule has 2 aliphatic carbocycles. The third kappa shape index (κ3) is 6.33. The molecule has 6 rings (SSSR count). The number of thioether (sulfide) groups is 1. The molecule has 1 saturated heterocycles. The molecule has 3 aliphatic rings. The predicted octanol–water partition coefficient (Wildman–Crippen LogP) is 8.61. The number of carbonyl (C=O) groups excluding carboxylic acids is 1. The van der Waals surface area contributed by atoms with Crippen molar-refractivity contribution in [3.63, 3.8) is 0 Å². The monoisotopic (exact) mass is 567 g/mol. The highest BCUT2D eigenvalue weighted by molar-refractivity contribution is 8.18. The molecular weight excluding hydrogens is 526 g/mol. The van der Waals surface area contributed by atoms with Crippen LogP contribution < -0.4 is 4.74 Å². The smallest absolute Gasteiger partial charge is 0.267 e. The summed E-state index contributed by atoms with van der Waals surface area (Å²) in [5, 5.41) is 0.944. The number of hydrogen-bond donors (Lipinski definition) is 0. The first kappa shape index (κ1) is 27.9. The third-order valence-electron chi connectivity index (χ3n) is 8.74. The maximum atomic E-state index is 13.9. The number of amidine groups is 1. The second kappa shape index (κ2) is 12.7. The Morgan fingerprint density at radius 1 is 0.902 bits per heavy atom. The van der Waals surface area contributed by atoms with Gasteiger partial charge in [0.1, 0.15) is 12.4 Å². The van der Waals surface area contributed by atoms with E-state index in [1.807, 2.05) is 30.3 Å². The molecule has 3 aromatic rings. The van der Waals surface area contributed by atoms with Gasteiger partial charge in [0.15, 0.2) is 5.17 Å². The number of amides is 1. The third-order valence-corrected chi connectivity index (χ3v) is 9.74. The van der Waals surface area contributed by atoms with Crippen molar-refractivity contribution in [2.75, 3.05) is 0 Å². The standard InChI is InChI=1S/C35H41N3O2S/c1-25-22-28(26(2)37(25)31-18-20-32(21-19-31)40-24-27-12-6-3-7-13-27)23-33-34(39)38(30-16-10-5-11-17-30)35(41-33)36-29-14-8-4-9-15-29/h3,6-7,12-13,18-23,29-30H,4-5,8-11,14-17,24H2,1-2H3. The van der Waals surface area contributed by atoms with Crippen LogP contribution in [0, 0.1) is 13.8 Å². The Balaban J connectivity index is 1.23. The van der Waals surface area contributed by atoms with E-state index >= 15 is 0 Å². The summed E-state index contributed by atoms with van der Waals surface area (Å²) in [6.45, 7) is 4.82. The van der Waals surface area contributed by atoms with Crippen molar-refractivity contribution in [2.24, 2.45) is 4.99 Å². The van der Waals surface area contributed by atoms with E-state index in [0.29, 0.717) is 12.6 Å². The highest BCUT2D eigenvalue weighted by atomic mass is 32.2. The van der Waals surface area contributed by atoms with Crippen molar-refractivity contribution in [2.45, 2.75) is 96.7 Å². The number of benzene rings is 2. The molecule has 0 N–H and O–H groups in total. The van der Waals surface area contributed by atoms with Gasteiger partial charge in [0.05, 0.1) is 10.9 Å². The predicted molar refractivity (Wildman–Crippen MR) is 170 cm³/mol. The van der Waals surface area contributed by atoms with E-state index in [0.717, 1.165) is 69.7 Å². The minimum absolute atomic E-state index is 0.140. The summed E-state index contributed by atoms with van der Waals surface area (Å²) in [4.78, 5) is 21.9. The van der Waals surface area contributed by atoms with Crippen LogP contribution in [0.3, 0.4) is 0 Å². The topological polar surface area (TPSA) is 46.8 Å². The van der Waals surface area contributed by atoms with Crippen molar-refractivity contribution >= 4 is 28.9 Å². The normalized spacial score (nSPS) is 20.8. The molecule has 1 aromatic heterocycles. The summed E-state index contributed by atoms with van der Waals surface area (Å²) >= 11 is 1.60. The first-order valence-corrected chi connectivity index (χ1v) is 16.2. The number of nitrogens with zero attached hydrogens (tertiary/aromatic N) is 3. The summed E-state index contributed by atoms with van der Waals surface area (Å²) in [6.07, 6.45) is 14.0. The van der Waals surface area contributed by atoms with Crippen molar-refractivity contribution in [3.8, 4) is 11.4 Å². The van der Waals surface area contributed by atoms with E-state index in [1.165, 1.54) is 38.5 Å². The van der Waals surface area contributed by atoms with Gasteiger partial charge in [0.25, 0.3) is 5.91 Å². The van der Waals surface area contributed by atoms with Gasteiger partial charge in [-0.05, 0) is 98.8 Å². The molecule has 2 saturated carbocycles. The molecule has 0 bridgehead atoms. The van der Waals surface area contributed by atoms with Gasteiger partial charge in [-0.15, -0.1) is 0 Å². The fraction of sp³-hybridized carbons (Fsp3) is 0.429. The Kier molecular flexibility index (Phi) is 8.66. The van der Waals surface area contributed by atoms with E-state index in [2.05, 4.69) is 59.7 Å². The highest BCUT2D eigenvalue weighted by Gasteiger charge is 2.39. The van der Waals surface area contributed by atoms with Crippen LogP contribution in [-0.4, -0.2) is 32.6 Å². The summed E-state index contributed by atoms with van der Waals surface area (Å²) < 4.78 is 8.26. The van der Waals surface area contributed by atoms with Gasteiger partial charge in [-0.3, -0.25) is 14.7 Å². The van der Waals surface area contributed by atoms with E-state index in [1.54, 1.807) is 11.8 Å². The zero-order valence-corrected chi connectivity index (χ0v) is 25.2. The minimum Gasteiger partial charge on any atom is -0.489 e. The van der Waals surface area contributed by atoms with Crippen molar-refractivity contribution < 1.29 is 9.53 Å². The van der Waals surface area contributed by atoms with E-state index in [-0.39, 0.29) is 11.9 Å². The zero-order valence-electron chi connectivity index (χ0n) is 24.4. The van der Waals surface area contributed by atoms with Gasteiger partial charge in [-0.25, -0.2) is 0 Å². The summed E-state index contributed by atoms with van der Waals surface area (Å²) in [5.74, 6) is 0.990. The van der Waals surface area contributed by atoms with Gasteiger partial charge in [-0.1, -0.05) is 68.9 Å². The second-order valence-electron chi connectivity index (χ2n) is 11.7. The molecule has 0 unspecified atom stereocenters. The lowest BCUT2D eigenvalue weighted by Gasteiger charge is -2.31. The molecule has 0 spiro atoms. The average molecular weight is 568 g/mol. The number of rotatable bonds is 7. The zero-order chi connectivity index (χ0) is 28.2. The van der Waals surface area contributed by atoms with Gasteiger partial charge in [0.2, 0.25) is 0 Å². The lowest BCUT2D eigenvalue weighted by molar-refractivity contribution is -0.124. The van der Waals surface area contributed by atoms with Crippen LogP contribution in [-0.2, 0) is 11.4 Å². The Morgan fingerprint density at radius 2 is 1.59 bits per heavy atom. The van der Waals surface area contributed by atoms with E-state index in [9.17, 15) is 4.79 Å². The second-order valence-corrected chi connectivity index (χ2v) is 12.7. The quantitative estimate of drug-likeness (QED) is 0.269. The maximum Gasteiger partial charge on any atom is 0.267 e. The molecule has 2 aromatic carbocycles. The van der Waals surface area contributed by atoms with Crippen LogP contribution >= 0.6 is 11.8 Å². The molecule has 5 nitrogen and oxygen atoms in total. The summed E-state index contributed by atoms with van der Waals surface area (Å²) in [7, 11) is 0. The fourth-order valence-electron chi connectivity index (χ4n) is 6.51. The van der Waals surface area contributed by atoms with Crippen LogP contribution in [0.2, 0.25) is 0 Å². The van der Waals surface area contributed by atoms with E-state index in [4.69, 9.17) is 9.73 Å². The Labute approximate surface area is 248 Å². The fourth-order valence-corrected chi connectivity index (χ4v) is 7.61. The number of hydrogen-bond acceptors (Lipinski definition) is 4. The average Bonchev–Trinajstić information content (AvgIpc) is 3.47. The Morgan fingerprint density at radius 3 is 2.29 bits per heavy atom. The molecule has 3 fully saturated rings. The lowest BCUT2D eigenvalue weighted by atomic mass is 9.94. The van der Waals surface area contributed by atoms with Crippen LogP contribution in [0.4, 0.5) is 0 Å². The van der Waals surface area contributed by atoms with Gasteiger partial charge < -0.3 is 9.30 Å². The number of aliphatic imine (C=N–C) groups is 1. The lowest BCUT2D eigenvalue weighted by Crippen LogP contribution is -2.41. The molecule has 0 radical (unpaired) electrons. The number of aryl methyl sites for hydroxylation is 1. The SMILES string of the molecule is Cc1cc(C=C2SC(=NC3CCCCC3)N(C3CCCCC3)C2=O)c(C)n1-c1ccc(OCc2ccccc2)cc1. The highest BCUT2D eigenvalue weighted by Crippen LogP contribution is 2.39. The molecule has 1 amide bonds.